The van der Waals surface area contributed by atoms with E-state index in [2.05, 4.69) is 44.0 Å². The second kappa shape index (κ2) is 4.84. The van der Waals surface area contributed by atoms with Crippen LogP contribution in [0.1, 0.15) is 30.3 Å². The van der Waals surface area contributed by atoms with Crippen molar-refractivity contribution in [2.45, 2.75) is 33.6 Å². The molecule has 0 aliphatic carbocycles. The molecular formula is C15H21N3. The molecule has 0 radical (unpaired) electrons. The van der Waals surface area contributed by atoms with Gasteiger partial charge in [-0.1, -0.05) is 19.1 Å². The molecule has 18 heavy (non-hydrogen) atoms. The van der Waals surface area contributed by atoms with Crippen LogP contribution in [0.25, 0.3) is 11.3 Å². The number of hydrogen-bond acceptors (Lipinski definition) is 2. The van der Waals surface area contributed by atoms with Gasteiger partial charge in [0.1, 0.15) is 17.3 Å². The van der Waals surface area contributed by atoms with E-state index >= 15 is 0 Å². The highest BCUT2D eigenvalue weighted by Crippen LogP contribution is 2.27. The van der Waals surface area contributed by atoms with E-state index in [0.29, 0.717) is 0 Å². The summed E-state index contributed by atoms with van der Waals surface area (Å²) in [5, 5.41) is 0. The summed E-state index contributed by atoms with van der Waals surface area (Å²) < 4.78 is 1.99. The van der Waals surface area contributed by atoms with Gasteiger partial charge in [0.25, 0.3) is 0 Å². The smallest absolute Gasteiger partial charge is 0.131 e. The molecule has 0 bridgehead atoms. The van der Waals surface area contributed by atoms with E-state index in [1.165, 1.54) is 11.1 Å². The number of benzene rings is 1. The first-order valence-electron chi connectivity index (χ1n) is 6.43. The van der Waals surface area contributed by atoms with Crippen molar-refractivity contribution in [3.8, 4) is 11.3 Å². The molecule has 0 saturated carbocycles. The van der Waals surface area contributed by atoms with Crippen molar-refractivity contribution < 1.29 is 0 Å². The van der Waals surface area contributed by atoms with Gasteiger partial charge in [-0.2, -0.15) is 0 Å². The van der Waals surface area contributed by atoms with Crippen LogP contribution in [0.2, 0.25) is 0 Å². The van der Waals surface area contributed by atoms with Crippen molar-refractivity contribution in [1.29, 1.82) is 0 Å². The predicted octanol–water partition coefficient (Wildman–Crippen LogP) is 3.24. The van der Waals surface area contributed by atoms with Gasteiger partial charge in [-0.15, -0.1) is 0 Å². The van der Waals surface area contributed by atoms with E-state index in [1.54, 1.807) is 0 Å². The first-order chi connectivity index (χ1) is 8.54. The summed E-state index contributed by atoms with van der Waals surface area (Å²) in [5.41, 5.74) is 10.7. The maximum absolute atomic E-state index is 6.15. The van der Waals surface area contributed by atoms with Gasteiger partial charge in [0.15, 0.2) is 0 Å². The van der Waals surface area contributed by atoms with Gasteiger partial charge in [-0.05, 0) is 37.5 Å². The van der Waals surface area contributed by atoms with Crippen LogP contribution in [0, 0.1) is 13.8 Å². The summed E-state index contributed by atoms with van der Waals surface area (Å²) in [6.07, 6.45) is 2.04. The zero-order valence-corrected chi connectivity index (χ0v) is 11.6. The van der Waals surface area contributed by atoms with Crippen molar-refractivity contribution in [2.75, 3.05) is 5.73 Å². The van der Waals surface area contributed by atoms with Gasteiger partial charge in [-0.3, -0.25) is 0 Å². The summed E-state index contributed by atoms with van der Waals surface area (Å²) >= 11 is 0. The quantitative estimate of drug-likeness (QED) is 0.899. The molecule has 0 aliphatic heterocycles. The molecule has 0 amide bonds. The predicted molar refractivity (Wildman–Crippen MR) is 76.5 cm³/mol. The maximum Gasteiger partial charge on any atom is 0.131 e. The number of anilines is 1. The van der Waals surface area contributed by atoms with E-state index in [0.717, 1.165) is 35.7 Å². The summed E-state index contributed by atoms with van der Waals surface area (Å²) in [6.45, 7) is 6.38. The topological polar surface area (TPSA) is 43.8 Å². The lowest BCUT2D eigenvalue weighted by atomic mass is 10.0. The monoisotopic (exact) mass is 243 g/mol. The fourth-order valence-corrected chi connectivity index (χ4v) is 2.11. The van der Waals surface area contributed by atoms with Crippen LogP contribution in [0.15, 0.2) is 18.2 Å². The van der Waals surface area contributed by atoms with Gasteiger partial charge >= 0.3 is 0 Å². The van der Waals surface area contributed by atoms with E-state index in [9.17, 15) is 0 Å². The number of aromatic nitrogens is 2. The summed E-state index contributed by atoms with van der Waals surface area (Å²) in [4.78, 5) is 4.68. The SMILES string of the molecule is CCCc1nc(-c2ccc(C)c(C)c2)c(N)n1C. The normalized spacial score (nSPS) is 10.9. The van der Waals surface area contributed by atoms with Gasteiger partial charge in [0, 0.05) is 19.0 Å². The van der Waals surface area contributed by atoms with Crippen molar-refractivity contribution >= 4 is 5.82 Å². The summed E-state index contributed by atoms with van der Waals surface area (Å²) in [5.74, 6) is 1.81. The molecule has 2 aromatic rings. The highest BCUT2D eigenvalue weighted by Gasteiger charge is 2.13. The lowest BCUT2D eigenvalue weighted by molar-refractivity contribution is 0.764. The molecule has 1 aromatic heterocycles. The van der Waals surface area contributed by atoms with E-state index in [-0.39, 0.29) is 0 Å². The Morgan fingerprint density at radius 2 is 1.94 bits per heavy atom. The molecule has 0 unspecified atom stereocenters. The van der Waals surface area contributed by atoms with Crippen LogP contribution in [-0.4, -0.2) is 9.55 Å². The fraction of sp³-hybridized carbons (Fsp3) is 0.400. The van der Waals surface area contributed by atoms with Gasteiger partial charge in [0.2, 0.25) is 0 Å². The third-order valence-electron chi connectivity index (χ3n) is 3.49. The third kappa shape index (κ3) is 2.13. The van der Waals surface area contributed by atoms with Crippen molar-refractivity contribution in [3.05, 3.63) is 35.2 Å². The average Bonchev–Trinajstić information content (AvgIpc) is 2.62. The summed E-state index contributed by atoms with van der Waals surface area (Å²) in [7, 11) is 1.98. The van der Waals surface area contributed by atoms with Crippen molar-refractivity contribution in [3.63, 3.8) is 0 Å². The number of hydrogen-bond donors (Lipinski definition) is 1. The van der Waals surface area contributed by atoms with E-state index in [4.69, 9.17) is 5.73 Å². The number of nitrogens with zero attached hydrogens (tertiary/aromatic N) is 2. The standard InChI is InChI=1S/C15H21N3/c1-5-6-13-17-14(15(16)18(13)4)12-8-7-10(2)11(3)9-12/h7-9H,5-6,16H2,1-4H3. The Labute approximate surface area is 109 Å². The molecule has 3 nitrogen and oxygen atoms in total. The minimum atomic E-state index is 0.752. The van der Waals surface area contributed by atoms with Crippen LogP contribution in [0.5, 0.6) is 0 Å². The third-order valence-corrected chi connectivity index (χ3v) is 3.49. The first kappa shape index (κ1) is 12.7. The Bertz CT molecular complexity index is 567. The lowest BCUT2D eigenvalue weighted by Gasteiger charge is -2.04. The Morgan fingerprint density at radius 3 is 2.56 bits per heavy atom. The Balaban J connectivity index is 2.50. The van der Waals surface area contributed by atoms with Crippen molar-refractivity contribution in [2.24, 2.45) is 7.05 Å². The molecule has 3 heteroatoms. The number of aryl methyl sites for hydroxylation is 3. The molecule has 1 heterocycles. The number of imidazole rings is 1. The molecule has 96 valence electrons. The molecule has 2 N–H and O–H groups in total. The Kier molecular flexibility index (Phi) is 3.41. The number of rotatable bonds is 3. The van der Waals surface area contributed by atoms with E-state index in [1.807, 2.05) is 11.6 Å². The molecular weight excluding hydrogens is 222 g/mol. The van der Waals surface area contributed by atoms with Gasteiger partial charge < -0.3 is 10.3 Å². The second-order valence-electron chi connectivity index (χ2n) is 4.87. The largest absolute Gasteiger partial charge is 0.383 e. The molecule has 0 atom stereocenters. The zero-order valence-electron chi connectivity index (χ0n) is 11.6. The minimum absolute atomic E-state index is 0.752. The molecule has 0 aliphatic rings. The number of nitrogen functional groups attached to an aromatic ring is 1. The highest BCUT2D eigenvalue weighted by atomic mass is 15.1. The van der Waals surface area contributed by atoms with Crippen LogP contribution >= 0.6 is 0 Å². The molecule has 1 aromatic carbocycles. The molecule has 2 rings (SSSR count). The zero-order chi connectivity index (χ0) is 13.3. The minimum Gasteiger partial charge on any atom is -0.383 e. The lowest BCUT2D eigenvalue weighted by Crippen LogP contribution is -2.01. The average molecular weight is 243 g/mol. The van der Waals surface area contributed by atoms with Gasteiger partial charge in [-0.25, -0.2) is 4.98 Å². The maximum atomic E-state index is 6.15. The van der Waals surface area contributed by atoms with Crippen LogP contribution in [-0.2, 0) is 13.5 Å². The van der Waals surface area contributed by atoms with Crippen LogP contribution in [0.3, 0.4) is 0 Å². The van der Waals surface area contributed by atoms with Crippen LogP contribution in [0.4, 0.5) is 5.82 Å². The Morgan fingerprint density at radius 1 is 1.22 bits per heavy atom. The summed E-state index contributed by atoms with van der Waals surface area (Å²) in [6, 6.07) is 6.37. The molecule has 0 saturated heterocycles. The second-order valence-corrected chi connectivity index (χ2v) is 4.87. The highest BCUT2D eigenvalue weighted by molar-refractivity contribution is 5.71. The first-order valence-corrected chi connectivity index (χ1v) is 6.43. The fourth-order valence-electron chi connectivity index (χ4n) is 2.11. The van der Waals surface area contributed by atoms with Gasteiger partial charge in [0.05, 0.1) is 0 Å². The van der Waals surface area contributed by atoms with Crippen molar-refractivity contribution in [1.82, 2.24) is 9.55 Å². The van der Waals surface area contributed by atoms with E-state index < -0.39 is 0 Å². The Hall–Kier alpha value is -1.77. The molecule has 0 spiro atoms. The number of nitrogens with two attached hydrogens (primary N) is 1. The van der Waals surface area contributed by atoms with Crippen LogP contribution < -0.4 is 5.73 Å². The molecule has 0 fully saturated rings.